The molecular weight excluding hydrogens is 402 g/mol. The van der Waals surface area contributed by atoms with Crippen molar-refractivity contribution in [1.82, 2.24) is 19.2 Å². The summed E-state index contributed by atoms with van der Waals surface area (Å²) in [5, 5.41) is 2.88. The SMILES string of the molecule is Cc1nccn1-c1ccc(CNC(=O)c2ccc(N(C)S(=O)(=O)N(C)C)cc2)cc1. The van der Waals surface area contributed by atoms with Crippen molar-refractivity contribution in [1.29, 1.82) is 0 Å². The Morgan fingerprint density at radius 3 is 2.20 bits per heavy atom. The average molecular weight is 428 g/mol. The highest BCUT2D eigenvalue weighted by Crippen LogP contribution is 2.18. The molecule has 1 heterocycles. The van der Waals surface area contributed by atoms with Crippen LogP contribution in [0.25, 0.3) is 5.69 Å². The zero-order chi connectivity index (χ0) is 21.9. The van der Waals surface area contributed by atoms with Gasteiger partial charge in [-0.15, -0.1) is 0 Å². The van der Waals surface area contributed by atoms with Crippen molar-refractivity contribution in [3.63, 3.8) is 0 Å². The van der Waals surface area contributed by atoms with E-state index in [9.17, 15) is 13.2 Å². The molecule has 0 aliphatic heterocycles. The summed E-state index contributed by atoms with van der Waals surface area (Å²) >= 11 is 0. The van der Waals surface area contributed by atoms with Crippen LogP contribution in [-0.2, 0) is 16.8 Å². The number of amides is 1. The molecule has 0 radical (unpaired) electrons. The molecule has 1 amide bonds. The summed E-state index contributed by atoms with van der Waals surface area (Å²) in [5.41, 5.74) is 2.91. The number of nitrogens with zero attached hydrogens (tertiary/aromatic N) is 4. The van der Waals surface area contributed by atoms with E-state index in [0.717, 1.165) is 25.7 Å². The van der Waals surface area contributed by atoms with Crippen LogP contribution in [0.1, 0.15) is 21.7 Å². The third kappa shape index (κ3) is 4.52. The normalized spacial score (nSPS) is 11.5. The Kier molecular flexibility index (Phi) is 6.23. The lowest BCUT2D eigenvalue weighted by atomic mass is 10.1. The number of nitrogens with one attached hydrogen (secondary N) is 1. The second kappa shape index (κ2) is 8.68. The highest BCUT2D eigenvalue weighted by Gasteiger charge is 2.21. The van der Waals surface area contributed by atoms with E-state index in [1.165, 1.54) is 21.1 Å². The maximum absolute atomic E-state index is 12.4. The lowest BCUT2D eigenvalue weighted by molar-refractivity contribution is 0.0951. The summed E-state index contributed by atoms with van der Waals surface area (Å²) in [5.74, 6) is 0.678. The number of benzene rings is 2. The smallest absolute Gasteiger partial charge is 0.303 e. The molecule has 0 bridgehead atoms. The Hall–Kier alpha value is -3.17. The topological polar surface area (TPSA) is 87.5 Å². The molecule has 3 aromatic rings. The molecule has 1 aromatic heterocycles. The zero-order valence-electron chi connectivity index (χ0n) is 17.4. The fraction of sp³-hybridized carbons (Fsp3) is 0.238. The predicted molar refractivity (Wildman–Crippen MR) is 117 cm³/mol. The van der Waals surface area contributed by atoms with Gasteiger partial charge in [0.15, 0.2) is 0 Å². The van der Waals surface area contributed by atoms with Gasteiger partial charge in [0.05, 0.1) is 5.69 Å². The van der Waals surface area contributed by atoms with Gasteiger partial charge in [0, 0.05) is 51.3 Å². The van der Waals surface area contributed by atoms with Gasteiger partial charge in [-0.05, 0) is 48.9 Å². The minimum absolute atomic E-state index is 0.228. The number of aromatic nitrogens is 2. The summed E-state index contributed by atoms with van der Waals surface area (Å²) in [6.45, 7) is 2.33. The van der Waals surface area contributed by atoms with E-state index in [0.29, 0.717) is 17.8 Å². The van der Waals surface area contributed by atoms with Crippen LogP contribution in [0.5, 0.6) is 0 Å². The predicted octanol–water partition coefficient (Wildman–Crippen LogP) is 2.35. The number of carbonyl (C=O) groups excluding carboxylic acids is 1. The van der Waals surface area contributed by atoms with Gasteiger partial charge in [0.2, 0.25) is 0 Å². The summed E-state index contributed by atoms with van der Waals surface area (Å²) in [6, 6.07) is 14.3. The van der Waals surface area contributed by atoms with Crippen LogP contribution in [0.15, 0.2) is 60.9 Å². The zero-order valence-corrected chi connectivity index (χ0v) is 18.2. The monoisotopic (exact) mass is 427 g/mol. The molecule has 8 nitrogen and oxygen atoms in total. The fourth-order valence-corrected chi connectivity index (χ4v) is 3.79. The lowest BCUT2D eigenvalue weighted by Gasteiger charge is -2.23. The molecule has 0 saturated heterocycles. The van der Waals surface area contributed by atoms with E-state index < -0.39 is 10.2 Å². The van der Waals surface area contributed by atoms with E-state index >= 15 is 0 Å². The highest BCUT2D eigenvalue weighted by atomic mass is 32.2. The minimum Gasteiger partial charge on any atom is -0.348 e. The maximum atomic E-state index is 12.4. The van der Waals surface area contributed by atoms with E-state index in [4.69, 9.17) is 0 Å². The van der Waals surface area contributed by atoms with Crippen LogP contribution in [0.3, 0.4) is 0 Å². The van der Waals surface area contributed by atoms with Crippen molar-refractivity contribution >= 4 is 21.8 Å². The Morgan fingerprint density at radius 1 is 1.03 bits per heavy atom. The number of hydrogen-bond donors (Lipinski definition) is 1. The molecule has 30 heavy (non-hydrogen) atoms. The van der Waals surface area contributed by atoms with Crippen LogP contribution in [0, 0.1) is 6.92 Å². The van der Waals surface area contributed by atoms with E-state index in [1.54, 1.807) is 30.5 Å². The van der Waals surface area contributed by atoms with E-state index in [1.807, 2.05) is 42.0 Å². The number of hydrogen-bond acceptors (Lipinski definition) is 4. The highest BCUT2D eigenvalue weighted by molar-refractivity contribution is 7.90. The van der Waals surface area contributed by atoms with Gasteiger partial charge in [-0.25, -0.2) is 4.98 Å². The van der Waals surface area contributed by atoms with Crippen molar-refractivity contribution in [2.75, 3.05) is 25.4 Å². The molecule has 9 heteroatoms. The van der Waals surface area contributed by atoms with Gasteiger partial charge in [-0.3, -0.25) is 9.10 Å². The molecule has 0 saturated carbocycles. The number of aryl methyl sites for hydroxylation is 1. The van der Waals surface area contributed by atoms with Gasteiger partial charge in [-0.1, -0.05) is 12.1 Å². The minimum atomic E-state index is -3.57. The molecule has 3 rings (SSSR count). The molecule has 0 fully saturated rings. The molecule has 0 unspecified atom stereocenters. The summed E-state index contributed by atoms with van der Waals surface area (Å²) < 4.78 is 28.7. The third-order valence-corrected chi connectivity index (χ3v) is 6.62. The van der Waals surface area contributed by atoms with Crippen molar-refractivity contribution in [2.45, 2.75) is 13.5 Å². The van der Waals surface area contributed by atoms with Crippen molar-refractivity contribution in [2.24, 2.45) is 0 Å². The largest absolute Gasteiger partial charge is 0.348 e. The van der Waals surface area contributed by atoms with Gasteiger partial charge in [0.25, 0.3) is 5.91 Å². The van der Waals surface area contributed by atoms with Crippen molar-refractivity contribution < 1.29 is 13.2 Å². The molecule has 158 valence electrons. The molecule has 0 aliphatic rings. The van der Waals surface area contributed by atoms with Crippen molar-refractivity contribution in [3.05, 3.63) is 77.9 Å². The van der Waals surface area contributed by atoms with E-state index in [2.05, 4.69) is 10.3 Å². The van der Waals surface area contributed by atoms with Gasteiger partial charge >= 0.3 is 10.2 Å². The van der Waals surface area contributed by atoms with Crippen LogP contribution in [0.2, 0.25) is 0 Å². The number of anilines is 1. The van der Waals surface area contributed by atoms with Crippen LogP contribution in [-0.4, -0.2) is 49.3 Å². The number of rotatable bonds is 7. The quantitative estimate of drug-likeness (QED) is 0.627. The molecule has 0 atom stereocenters. The summed E-state index contributed by atoms with van der Waals surface area (Å²) in [4.78, 5) is 16.7. The maximum Gasteiger partial charge on any atom is 0.303 e. The third-order valence-electron chi connectivity index (χ3n) is 4.79. The molecular formula is C21H25N5O3S. The Balaban J connectivity index is 1.62. The van der Waals surface area contributed by atoms with Crippen molar-refractivity contribution in [3.8, 4) is 5.69 Å². The van der Waals surface area contributed by atoms with Gasteiger partial charge in [-0.2, -0.15) is 12.7 Å². The van der Waals surface area contributed by atoms with Crippen LogP contribution in [0.4, 0.5) is 5.69 Å². The first-order valence-corrected chi connectivity index (χ1v) is 10.7. The second-order valence-corrected chi connectivity index (χ2v) is 9.17. The van der Waals surface area contributed by atoms with E-state index in [-0.39, 0.29) is 5.91 Å². The first-order valence-electron chi connectivity index (χ1n) is 9.34. The molecule has 0 aliphatic carbocycles. The lowest BCUT2D eigenvalue weighted by Crippen LogP contribution is -2.37. The Bertz CT molecular complexity index is 1120. The van der Waals surface area contributed by atoms with Crippen LogP contribution < -0.4 is 9.62 Å². The Morgan fingerprint density at radius 2 is 1.67 bits per heavy atom. The number of imidazole rings is 1. The average Bonchev–Trinajstić information content (AvgIpc) is 3.17. The first-order chi connectivity index (χ1) is 14.2. The molecule has 0 spiro atoms. The molecule has 1 N–H and O–H groups in total. The van der Waals surface area contributed by atoms with Gasteiger partial charge < -0.3 is 9.88 Å². The summed E-state index contributed by atoms with van der Waals surface area (Å²) in [6.07, 6.45) is 3.65. The summed E-state index contributed by atoms with van der Waals surface area (Å²) in [7, 11) is 0.838. The number of carbonyl (C=O) groups is 1. The first kappa shape index (κ1) is 21.5. The standard InChI is InChI=1S/C21H25N5O3S/c1-16-22-13-14-26(16)20-9-5-17(6-10-20)15-23-21(27)18-7-11-19(12-8-18)25(4)30(28,29)24(2)3/h5-14H,15H2,1-4H3,(H,23,27). The van der Waals surface area contributed by atoms with Crippen LogP contribution >= 0.6 is 0 Å². The fourth-order valence-electron chi connectivity index (χ4n) is 2.91. The molecule has 2 aromatic carbocycles. The van der Waals surface area contributed by atoms with Gasteiger partial charge in [0.1, 0.15) is 5.82 Å². The Labute approximate surface area is 177 Å². The second-order valence-electron chi connectivity index (χ2n) is 7.00.